The van der Waals surface area contributed by atoms with Crippen molar-refractivity contribution in [2.45, 2.75) is 0 Å². The Balaban J connectivity index is 1.60. The van der Waals surface area contributed by atoms with E-state index in [1.807, 2.05) is 24.3 Å². The van der Waals surface area contributed by atoms with E-state index in [2.05, 4.69) is 27.3 Å². The summed E-state index contributed by atoms with van der Waals surface area (Å²) >= 11 is 3.25. The van der Waals surface area contributed by atoms with Crippen LogP contribution in [0.15, 0.2) is 71.2 Å². The largest absolute Gasteiger partial charge is 0.484 e. The number of nitro benzene ring substituents is 1. The van der Waals surface area contributed by atoms with E-state index in [9.17, 15) is 14.9 Å². The van der Waals surface area contributed by atoms with Crippen molar-refractivity contribution in [3.8, 4) is 22.9 Å². The van der Waals surface area contributed by atoms with Gasteiger partial charge >= 0.3 is 0 Å². The number of nitriles is 1. The van der Waals surface area contributed by atoms with E-state index in [1.165, 1.54) is 18.2 Å². The van der Waals surface area contributed by atoms with Gasteiger partial charge in [-0.15, -0.1) is 0 Å². The van der Waals surface area contributed by atoms with Gasteiger partial charge in [0.25, 0.3) is 11.6 Å². The summed E-state index contributed by atoms with van der Waals surface area (Å²) in [5, 5.41) is 22.3. The van der Waals surface area contributed by atoms with Gasteiger partial charge in [-0.2, -0.15) is 5.26 Å². The van der Waals surface area contributed by atoms with E-state index >= 15 is 0 Å². The lowest BCUT2D eigenvalue weighted by molar-refractivity contribution is -0.384. The topological polar surface area (TPSA) is 105 Å². The maximum atomic E-state index is 12.1. The molecule has 3 aromatic rings. The lowest BCUT2D eigenvalue weighted by Crippen LogP contribution is -2.20. The van der Waals surface area contributed by atoms with E-state index in [-0.39, 0.29) is 12.3 Å². The maximum Gasteiger partial charge on any atom is 0.271 e. The second kappa shape index (κ2) is 8.99. The molecule has 3 rings (SSSR count). The van der Waals surface area contributed by atoms with Crippen LogP contribution in [0, 0.1) is 21.4 Å². The Labute approximate surface area is 174 Å². The zero-order valence-electron chi connectivity index (χ0n) is 15.0. The van der Waals surface area contributed by atoms with Crippen LogP contribution in [-0.2, 0) is 4.79 Å². The van der Waals surface area contributed by atoms with Crippen LogP contribution in [0.1, 0.15) is 5.56 Å². The number of anilines is 1. The van der Waals surface area contributed by atoms with Gasteiger partial charge in [0.05, 0.1) is 22.2 Å². The lowest BCUT2D eigenvalue weighted by atomic mass is 10.0. The van der Waals surface area contributed by atoms with Crippen molar-refractivity contribution >= 4 is 33.2 Å². The number of non-ortho nitro benzene ring substituents is 1. The molecule has 1 N–H and O–H groups in total. The first kappa shape index (κ1) is 20.0. The fourth-order valence-corrected chi connectivity index (χ4v) is 2.88. The van der Waals surface area contributed by atoms with E-state index in [4.69, 9.17) is 10.00 Å². The molecule has 0 radical (unpaired) electrons. The quantitative estimate of drug-likeness (QED) is 0.423. The molecule has 0 aliphatic rings. The molecule has 0 heterocycles. The Hall–Kier alpha value is -3.70. The van der Waals surface area contributed by atoms with Crippen LogP contribution in [0.25, 0.3) is 11.1 Å². The first-order valence-electron chi connectivity index (χ1n) is 8.43. The number of nitrogens with one attached hydrogen (secondary N) is 1. The zero-order valence-corrected chi connectivity index (χ0v) is 16.5. The minimum absolute atomic E-state index is 0.122. The van der Waals surface area contributed by atoms with Crippen LogP contribution in [0.5, 0.6) is 5.75 Å². The summed E-state index contributed by atoms with van der Waals surface area (Å²) in [6.07, 6.45) is 0. The van der Waals surface area contributed by atoms with Crippen molar-refractivity contribution in [3.05, 3.63) is 86.9 Å². The maximum absolute atomic E-state index is 12.1. The molecule has 0 bridgehead atoms. The summed E-state index contributed by atoms with van der Waals surface area (Å²) in [6, 6.07) is 20.6. The molecule has 0 atom stereocenters. The molecule has 8 heteroatoms. The third-order valence-corrected chi connectivity index (χ3v) is 4.70. The van der Waals surface area contributed by atoms with Gasteiger partial charge < -0.3 is 10.1 Å². The first-order valence-corrected chi connectivity index (χ1v) is 9.23. The number of amides is 1. The van der Waals surface area contributed by atoms with Crippen LogP contribution in [0.4, 0.5) is 11.4 Å². The van der Waals surface area contributed by atoms with Crippen LogP contribution in [0.2, 0.25) is 0 Å². The molecule has 0 saturated carbocycles. The number of hydrogen-bond acceptors (Lipinski definition) is 5. The summed E-state index contributed by atoms with van der Waals surface area (Å²) < 4.78 is 6.01. The number of halogens is 1. The molecule has 0 unspecified atom stereocenters. The molecule has 1 amide bonds. The molecule has 0 saturated heterocycles. The van der Waals surface area contributed by atoms with Crippen molar-refractivity contribution < 1.29 is 14.5 Å². The number of hydrogen-bond donors (Lipinski definition) is 1. The van der Waals surface area contributed by atoms with Gasteiger partial charge in [-0.25, -0.2) is 0 Å². The molecule has 144 valence electrons. The van der Waals surface area contributed by atoms with Crippen LogP contribution in [0.3, 0.4) is 0 Å². The lowest BCUT2D eigenvalue weighted by Gasteiger charge is -2.09. The Bertz CT molecular complexity index is 1090. The van der Waals surface area contributed by atoms with Gasteiger partial charge in [0.15, 0.2) is 6.61 Å². The highest BCUT2D eigenvalue weighted by molar-refractivity contribution is 9.10. The highest BCUT2D eigenvalue weighted by Crippen LogP contribution is 2.27. The van der Waals surface area contributed by atoms with E-state index in [0.29, 0.717) is 21.5 Å². The van der Waals surface area contributed by atoms with Crippen LogP contribution >= 0.6 is 15.9 Å². The minimum atomic E-state index is -0.534. The first-order chi connectivity index (χ1) is 14.0. The third kappa shape index (κ3) is 5.18. The SMILES string of the molecule is N#Cc1ccc(-c2ccc(OCC(=O)Nc3cc([N+](=O)[O-])ccc3Br)cc2)cc1. The smallest absolute Gasteiger partial charge is 0.271 e. The number of carbonyl (C=O) groups excluding carboxylic acids is 1. The van der Waals surface area contributed by atoms with Gasteiger partial charge in [-0.05, 0) is 57.4 Å². The summed E-state index contributed by atoms with van der Waals surface area (Å²) in [7, 11) is 0. The van der Waals surface area contributed by atoms with E-state index in [0.717, 1.165) is 11.1 Å². The summed E-state index contributed by atoms with van der Waals surface area (Å²) in [5.41, 5.74) is 2.68. The second-order valence-electron chi connectivity index (χ2n) is 5.97. The average molecular weight is 452 g/mol. The van der Waals surface area contributed by atoms with Gasteiger partial charge in [0, 0.05) is 16.6 Å². The zero-order chi connectivity index (χ0) is 20.8. The summed E-state index contributed by atoms with van der Waals surface area (Å²) in [4.78, 5) is 22.4. The van der Waals surface area contributed by atoms with Crippen molar-refractivity contribution in [2.75, 3.05) is 11.9 Å². The summed E-state index contributed by atoms with van der Waals surface area (Å²) in [6.45, 7) is -0.245. The molecular formula is C21H14BrN3O4. The number of carbonyl (C=O) groups is 1. The van der Waals surface area contributed by atoms with E-state index < -0.39 is 10.8 Å². The van der Waals surface area contributed by atoms with Crippen molar-refractivity contribution in [1.29, 1.82) is 5.26 Å². The number of benzene rings is 3. The normalized spacial score (nSPS) is 10.1. The van der Waals surface area contributed by atoms with Gasteiger partial charge in [-0.1, -0.05) is 24.3 Å². The van der Waals surface area contributed by atoms with Gasteiger partial charge in [0.2, 0.25) is 0 Å². The molecule has 0 spiro atoms. The average Bonchev–Trinajstić information content (AvgIpc) is 2.74. The molecule has 0 aromatic heterocycles. The van der Waals surface area contributed by atoms with Crippen molar-refractivity contribution in [1.82, 2.24) is 0 Å². The number of nitrogens with zero attached hydrogens (tertiary/aromatic N) is 2. The molecule has 7 nitrogen and oxygen atoms in total. The molecule has 29 heavy (non-hydrogen) atoms. The molecule has 0 aliphatic heterocycles. The molecular weight excluding hydrogens is 438 g/mol. The number of ether oxygens (including phenoxy) is 1. The Morgan fingerprint density at radius 2 is 1.69 bits per heavy atom. The number of nitro groups is 1. The third-order valence-electron chi connectivity index (χ3n) is 4.01. The highest BCUT2D eigenvalue weighted by Gasteiger charge is 2.12. The van der Waals surface area contributed by atoms with Crippen molar-refractivity contribution in [3.63, 3.8) is 0 Å². The fraction of sp³-hybridized carbons (Fsp3) is 0.0476. The van der Waals surface area contributed by atoms with Gasteiger partial charge in [-0.3, -0.25) is 14.9 Å². The Kier molecular flexibility index (Phi) is 6.22. The Morgan fingerprint density at radius 1 is 1.07 bits per heavy atom. The predicted molar refractivity (Wildman–Crippen MR) is 112 cm³/mol. The second-order valence-corrected chi connectivity index (χ2v) is 6.83. The Morgan fingerprint density at radius 3 is 2.28 bits per heavy atom. The fourth-order valence-electron chi connectivity index (χ4n) is 2.54. The van der Waals surface area contributed by atoms with E-state index in [1.54, 1.807) is 24.3 Å². The van der Waals surface area contributed by atoms with Gasteiger partial charge in [0.1, 0.15) is 5.75 Å². The van der Waals surface area contributed by atoms with Crippen LogP contribution < -0.4 is 10.1 Å². The molecule has 0 aliphatic carbocycles. The van der Waals surface area contributed by atoms with Crippen molar-refractivity contribution in [2.24, 2.45) is 0 Å². The minimum Gasteiger partial charge on any atom is -0.484 e. The molecule has 0 fully saturated rings. The highest BCUT2D eigenvalue weighted by atomic mass is 79.9. The standard InChI is InChI=1S/C21H14BrN3O4/c22-19-10-7-17(25(27)28)11-20(19)24-21(26)13-29-18-8-5-16(6-9-18)15-3-1-14(12-23)2-4-15/h1-11H,13H2,(H,24,26). The predicted octanol–water partition coefficient (Wildman–Crippen LogP) is 4.91. The summed E-state index contributed by atoms with van der Waals surface area (Å²) in [5.74, 6) is 0.0676. The number of rotatable bonds is 6. The monoisotopic (exact) mass is 451 g/mol. The molecule has 3 aromatic carbocycles. The van der Waals surface area contributed by atoms with Crippen LogP contribution in [-0.4, -0.2) is 17.4 Å².